The molecular formula is C14H23NO3. The molecule has 1 atom stereocenters. The molecule has 4 heteroatoms. The maximum absolute atomic E-state index is 11.5. The van der Waals surface area contributed by atoms with Gasteiger partial charge in [-0.3, -0.25) is 4.79 Å². The number of esters is 1. The number of carbonyl (C=O) groups excluding carboxylic acids is 2. The average Bonchev–Trinajstić information content (AvgIpc) is 2.74. The molecule has 1 heterocycles. The summed E-state index contributed by atoms with van der Waals surface area (Å²) in [6.45, 7) is 2.60. The second-order valence-corrected chi connectivity index (χ2v) is 4.62. The average molecular weight is 253 g/mol. The van der Waals surface area contributed by atoms with Crippen molar-refractivity contribution in [2.45, 2.75) is 57.9 Å². The largest absolute Gasteiger partial charge is 0.464 e. The maximum Gasteiger partial charge on any atom is 0.328 e. The summed E-state index contributed by atoms with van der Waals surface area (Å²) in [6.07, 6.45) is 11.0. The summed E-state index contributed by atoms with van der Waals surface area (Å²) in [5.74, 6) is -0.524. The molecule has 1 saturated heterocycles. The van der Waals surface area contributed by atoms with Gasteiger partial charge in [0, 0.05) is 6.42 Å². The van der Waals surface area contributed by atoms with Crippen molar-refractivity contribution in [2.75, 3.05) is 6.61 Å². The zero-order chi connectivity index (χ0) is 13.2. The number of hydrogen-bond donors (Lipinski definition) is 1. The van der Waals surface area contributed by atoms with Crippen LogP contribution in [-0.4, -0.2) is 24.5 Å². The Kier molecular flexibility index (Phi) is 7.14. The first-order valence-electron chi connectivity index (χ1n) is 6.87. The fraction of sp³-hybridized carbons (Fsp3) is 0.714. The quantitative estimate of drug-likeness (QED) is 0.410. The van der Waals surface area contributed by atoms with E-state index in [2.05, 4.69) is 12.2 Å². The fourth-order valence-electron chi connectivity index (χ4n) is 1.90. The van der Waals surface area contributed by atoms with Crippen molar-refractivity contribution >= 4 is 11.9 Å². The van der Waals surface area contributed by atoms with Crippen LogP contribution in [0.15, 0.2) is 12.2 Å². The van der Waals surface area contributed by atoms with E-state index in [0.29, 0.717) is 13.0 Å². The summed E-state index contributed by atoms with van der Waals surface area (Å²) in [5, 5.41) is 2.64. The van der Waals surface area contributed by atoms with Crippen molar-refractivity contribution in [3.8, 4) is 0 Å². The minimum atomic E-state index is -0.452. The summed E-state index contributed by atoms with van der Waals surface area (Å²) in [7, 11) is 0. The van der Waals surface area contributed by atoms with Gasteiger partial charge in [0.2, 0.25) is 5.91 Å². The molecule has 18 heavy (non-hydrogen) atoms. The lowest BCUT2D eigenvalue weighted by atomic mass is 10.1. The zero-order valence-electron chi connectivity index (χ0n) is 11.1. The van der Waals surface area contributed by atoms with Gasteiger partial charge in [-0.05, 0) is 18.9 Å². The Morgan fingerprint density at radius 1 is 1.39 bits per heavy atom. The van der Waals surface area contributed by atoms with E-state index in [1.165, 1.54) is 31.8 Å². The van der Waals surface area contributed by atoms with Gasteiger partial charge in [0.25, 0.3) is 0 Å². The highest BCUT2D eigenvalue weighted by molar-refractivity contribution is 5.91. The van der Waals surface area contributed by atoms with Crippen molar-refractivity contribution in [3.63, 3.8) is 0 Å². The first-order valence-corrected chi connectivity index (χ1v) is 6.87. The Balaban J connectivity index is 2.06. The van der Waals surface area contributed by atoms with Crippen molar-refractivity contribution in [3.05, 3.63) is 12.2 Å². The zero-order valence-corrected chi connectivity index (χ0v) is 11.1. The minimum Gasteiger partial charge on any atom is -0.464 e. The van der Waals surface area contributed by atoms with Crippen LogP contribution in [0.3, 0.4) is 0 Å². The summed E-state index contributed by atoms with van der Waals surface area (Å²) in [4.78, 5) is 22.6. The van der Waals surface area contributed by atoms with E-state index in [0.717, 1.165) is 12.8 Å². The van der Waals surface area contributed by atoms with Crippen molar-refractivity contribution in [1.29, 1.82) is 0 Å². The highest BCUT2D eigenvalue weighted by atomic mass is 16.5. The number of unbranched alkanes of at least 4 members (excludes halogenated alkanes) is 5. The van der Waals surface area contributed by atoms with Crippen LogP contribution in [0.25, 0.3) is 0 Å². The molecule has 1 amide bonds. The number of carbonyl (C=O) groups is 2. The van der Waals surface area contributed by atoms with Gasteiger partial charge in [-0.25, -0.2) is 4.79 Å². The molecule has 0 aromatic carbocycles. The third kappa shape index (κ3) is 5.84. The molecule has 0 aromatic rings. The van der Waals surface area contributed by atoms with Crippen molar-refractivity contribution in [1.82, 2.24) is 5.32 Å². The molecule has 102 valence electrons. The number of cyclic esters (lactones) is 1. The SMILES string of the molecule is CCCCCCC/C=C/C(=O)NC1CCOC1=O. The molecule has 1 aliphatic heterocycles. The van der Waals surface area contributed by atoms with Crippen LogP contribution in [0.4, 0.5) is 0 Å². The molecule has 0 aliphatic carbocycles. The highest BCUT2D eigenvalue weighted by Gasteiger charge is 2.26. The summed E-state index contributed by atoms with van der Waals surface area (Å²) < 4.78 is 4.77. The monoisotopic (exact) mass is 253 g/mol. The van der Waals surface area contributed by atoms with Gasteiger partial charge in [-0.1, -0.05) is 38.7 Å². The topological polar surface area (TPSA) is 55.4 Å². The minimum absolute atomic E-state index is 0.201. The van der Waals surface area contributed by atoms with E-state index in [-0.39, 0.29) is 11.9 Å². The molecule has 1 aliphatic rings. The van der Waals surface area contributed by atoms with Crippen LogP contribution in [0.2, 0.25) is 0 Å². The Hall–Kier alpha value is -1.32. The Bertz CT molecular complexity index is 299. The second kappa shape index (κ2) is 8.72. The van der Waals surface area contributed by atoms with Gasteiger partial charge in [-0.2, -0.15) is 0 Å². The molecule has 1 rings (SSSR count). The summed E-state index contributed by atoms with van der Waals surface area (Å²) >= 11 is 0. The predicted molar refractivity (Wildman–Crippen MR) is 70.0 cm³/mol. The van der Waals surface area contributed by atoms with Gasteiger partial charge < -0.3 is 10.1 Å². The molecule has 0 saturated carbocycles. The van der Waals surface area contributed by atoms with Crippen molar-refractivity contribution < 1.29 is 14.3 Å². The van der Waals surface area contributed by atoms with Crippen LogP contribution in [0, 0.1) is 0 Å². The first kappa shape index (κ1) is 14.7. The molecule has 1 N–H and O–H groups in total. The third-order valence-corrected chi connectivity index (χ3v) is 3.00. The third-order valence-electron chi connectivity index (χ3n) is 3.00. The van der Waals surface area contributed by atoms with Gasteiger partial charge in [0.05, 0.1) is 6.61 Å². The fourth-order valence-corrected chi connectivity index (χ4v) is 1.90. The number of amides is 1. The van der Waals surface area contributed by atoms with E-state index >= 15 is 0 Å². The van der Waals surface area contributed by atoms with Gasteiger partial charge >= 0.3 is 5.97 Å². The second-order valence-electron chi connectivity index (χ2n) is 4.62. The number of hydrogen-bond acceptors (Lipinski definition) is 3. The Morgan fingerprint density at radius 3 is 2.83 bits per heavy atom. The van der Waals surface area contributed by atoms with E-state index < -0.39 is 6.04 Å². The molecule has 1 unspecified atom stereocenters. The normalized spacial score (nSPS) is 19.2. The Labute approximate surface area is 109 Å². The number of rotatable bonds is 8. The van der Waals surface area contributed by atoms with Gasteiger partial charge in [0.15, 0.2) is 0 Å². The first-order chi connectivity index (χ1) is 8.74. The molecule has 1 fully saturated rings. The lowest BCUT2D eigenvalue weighted by molar-refractivity contribution is -0.140. The van der Waals surface area contributed by atoms with E-state index in [9.17, 15) is 9.59 Å². The van der Waals surface area contributed by atoms with E-state index in [1.54, 1.807) is 0 Å². The van der Waals surface area contributed by atoms with Crippen LogP contribution < -0.4 is 5.32 Å². The lowest BCUT2D eigenvalue weighted by Crippen LogP contribution is -2.36. The smallest absolute Gasteiger partial charge is 0.328 e. The molecule has 0 aromatic heterocycles. The molecule has 0 bridgehead atoms. The lowest BCUT2D eigenvalue weighted by Gasteiger charge is -2.05. The van der Waals surface area contributed by atoms with Gasteiger partial charge in [0.1, 0.15) is 6.04 Å². The number of ether oxygens (including phenoxy) is 1. The molecular weight excluding hydrogens is 230 g/mol. The molecule has 0 radical (unpaired) electrons. The maximum atomic E-state index is 11.5. The number of allylic oxidation sites excluding steroid dienone is 1. The van der Waals surface area contributed by atoms with Crippen LogP contribution in [-0.2, 0) is 14.3 Å². The van der Waals surface area contributed by atoms with Crippen LogP contribution in [0.5, 0.6) is 0 Å². The van der Waals surface area contributed by atoms with Gasteiger partial charge in [-0.15, -0.1) is 0 Å². The standard InChI is InChI=1S/C14H23NO3/c1-2-3-4-5-6-7-8-9-13(16)15-12-10-11-18-14(12)17/h8-9,12H,2-7,10-11H2,1H3,(H,15,16)/b9-8+. The number of nitrogens with one attached hydrogen (secondary N) is 1. The van der Waals surface area contributed by atoms with E-state index in [4.69, 9.17) is 4.74 Å². The molecule has 4 nitrogen and oxygen atoms in total. The summed E-state index contributed by atoms with van der Waals surface area (Å²) in [6, 6.07) is -0.452. The van der Waals surface area contributed by atoms with Crippen LogP contribution in [0.1, 0.15) is 51.9 Å². The predicted octanol–water partition coefficient (Wildman–Crippen LogP) is 2.33. The summed E-state index contributed by atoms with van der Waals surface area (Å²) in [5.41, 5.74) is 0. The van der Waals surface area contributed by atoms with Crippen LogP contribution >= 0.6 is 0 Å². The molecule has 0 spiro atoms. The Morgan fingerprint density at radius 2 is 2.17 bits per heavy atom. The highest BCUT2D eigenvalue weighted by Crippen LogP contribution is 2.06. The van der Waals surface area contributed by atoms with Crippen molar-refractivity contribution in [2.24, 2.45) is 0 Å². The van der Waals surface area contributed by atoms with E-state index in [1.807, 2.05) is 6.08 Å².